The lowest BCUT2D eigenvalue weighted by molar-refractivity contribution is 0.399. The van der Waals surface area contributed by atoms with Gasteiger partial charge in [0.2, 0.25) is 0 Å². The minimum Gasteiger partial charge on any atom is -0.467 e. The number of aromatic nitrogens is 2. The van der Waals surface area contributed by atoms with Crippen molar-refractivity contribution in [3.05, 3.63) is 41.9 Å². The van der Waals surface area contributed by atoms with Crippen LogP contribution in [-0.2, 0) is 13.0 Å². The van der Waals surface area contributed by atoms with E-state index in [-0.39, 0.29) is 6.04 Å². The van der Waals surface area contributed by atoms with E-state index in [1.54, 1.807) is 6.26 Å². The van der Waals surface area contributed by atoms with Gasteiger partial charge in [-0.15, -0.1) is 0 Å². The lowest BCUT2D eigenvalue weighted by Crippen LogP contribution is -2.25. The first-order chi connectivity index (χ1) is 9.76. The highest BCUT2D eigenvalue weighted by Gasteiger charge is 2.19. The standard InChI is InChI=1S/C16H25N3O/c1-4-7-17-14(16-13(3)6-11-20-16)12-15-18-8-10-19(15)9-5-2/h6,8,10-11,14,17H,4-5,7,9,12H2,1-3H3. The zero-order valence-electron chi connectivity index (χ0n) is 12.7. The third-order valence-electron chi connectivity index (χ3n) is 3.51. The van der Waals surface area contributed by atoms with Gasteiger partial charge in [0, 0.05) is 25.4 Å². The second-order valence-electron chi connectivity index (χ2n) is 5.22. The van der Waals surface area contributed by atoms with Gasteiger partial charge in [0.15, 0.2) is 0 Å². The van der Waals surface area contributed by atoms with Crippen molar-refractivity contribution >= 4 is 0 Å². The minimum atomic E-state index is 0.197. The highest BCUT2D eigenvalue weighted by molar-refractivity contribution is 5.19. The number of furan rings is 1. The van der Waals surface area contributed by atoms with Gasteiger partial charge in [-0.1, -0.05) is 13.8 Å². The molecule has 0 aromatic carbocycles. The molecule has 0 aliphatic carbocycles. The van der Waals surface area contributed by atoms with Crippen molar-refractivity contribution in [1.29, 1.82) is 0 Å². The van der Waals surface area contributed by atoms with Crippen molar-refractivity contribution in [3.8, 4) is 0 Å². The van der Waals surface area contributed by atoms with Gasteiger partial charge in [-0.2, -0.15) is 0 Å². The molecule has 1 N–H and O–H groups in total. The van der Waals surface area contributed by atoms with Crippen LogP contribution in [0.1, 0.15) is 49.9 Å². The number of nitrogens with one attached hydrogen (secondary N) is 1. The Balaban J connectivity index is 2.15. The van der Waals surface area contributed by atoms with Crippen molar-refractivity contribution in [2.75, 3.05) is 6.54 Å². The Hall–Kier alpha value is -1.55. The van der Waals surface area contributed by atoms with E-state index in [1.807, 2.05) is 12.3 Å². The Morgan fingerprint density at radius 1 is 1.35 bits per heavy atom. The van der Waals surface area contributed by atoms with E-state index in [0.29, 0.717) is 0 Å². The zero-order valence-corrected chi connectivity index (χ0v) is 12.7. The molecule has 110 valence electrons. The molecule has 0 radical (unpaired) electrons. The minimum absolute atomic E-state index is 0.197. The van der Waals surface area contributed by atoms with E-state index in [4.69, 9.17) is 4.42 Å². The molecule has 1 unspecified atom stereocenters. The summed E-state index contributed by atoms with van der Waals surface area (Å²) in [4.78, 5) is 4.50. The number of nitrogens with zero attached hydrogens (tertiary/aromatic N) is 2. The van der Waals surface area contributed by atoms with E-state index in [1.165, 1.54) is 5.56 Å². The lowest BCUT2D eigenvalue weighted by Gasteiger charge is -2.18. The quantitative estimate of drug-likeness (QED) is 0.802. The molecule has 4 heteroatoms. The van der Waals surface area contributed by atoms with E-state index >= 15 is 0 Å². The van der Waals surface area contributed by atoms with Crippen LogP contribution in [0, 0.1) is 6.92 Å². The number of hydrogen-bond donors (Lipinski definition) is 1. The van der Waals surface area contributed by atoms with Crippen molar-refractivity contribution in [3.63, 3.8) is 0 Å². The molecule has 0 aliphatic heterocycles. The van der Waals surface area contributed by atoms with Crippen LogP contribution in [-0.4, -0.2) is 16.1 Å². The van der Waals surface area contributed by atoms with Crippen LogP contribution < -0.4 is 5.32 Å². The topological polar surface area (TPSA) is 43.0 Å². The molecule has 0 bridgehead atoms. The first kappa shape index (κ1) is 14.9. The molecular formula is C16H25N3O. The summed E-state index contributed by atoms with van der Waals surface area (Å²) in [6.07, 6.45) is 8.81. The van der Waals surface area contributed by atoms with E-state index < -0.39 is 0 Å². The summed E-state index contributed by atoms with van der Waals surface area (Å²) >= 11 is 0. The summed E-state index contributed by atoms with van der Waals surface area (Å²) in [6, 6.07) is 2.22. The maximum absolute atomic E-state index is 5.67. The summed E-state index contributed by atoms with van der Waals surface area (Å²) in [6.45, 7) is 8.47. The summed E-state index contributed by atoms with van der Waals surface area (Å²) < 4.78 is 7.91. The van der Waals surface area contributed by atoms with Gasteiger partial charge in [-0.05, 0) is 37.9 Å². The highest BCUT2D eigenvalue weighted by atomic mass is 16.3. The fourth-order valence-electron chi connectivity index (χ4n) is 2.47. The molecule has 0 spiro atoms. The van der Waals surface area contributed by atoms with Crippen LogP contribution in [0.3, 0.4) is 0 Å². The molecule has 0 saturated carbocycles. The molecular weight excluding hydrogens is 250 g/mol. The second-order valence-corrected chi connectivity index (χ2v) is 5.22. The lowest BCUT2D eigenvalue weighted by atomic mass is 10.1. The average molecular weight is 275 g/mol. The fourth-order valence-corrected chi connectivity index (χ4v) is 2.47. The summed E-state index contributed by atoms with van der Waals surface area (Å²) in [5, 5.41) is 3.57. The predicted molar refractivity (Wildman–Crippen MR) is 80.7 cm³/mol. The molecule has 4 nitrogen and oxygen atoms in total. The molecule has 1 atom stereocenters. The summed E-state index contributed by atoms with van der Waals surface area (Å²) in [5.74, 6) is 2.15. The Morgan fingerprint density at radius 2 is 2.20 bits per heavy atom. The molecule has 0 amide bonds. The van der Waals surface area contributed by atoms with Crippen LogP contribution in [0.25, 0.3) is 0 Å². The SMILES string of the molecule is CCCNC(Cc1nccn1CCC)c1occc1C. The first-order valence-corrected chi connectivity index (χ1v) is 7.53. The van der Waals surface area contributed by atoms with Crippen molar-refractivity contribution < 1.29 is 4.42 Å². The maximum Gasteiger partial charge on any atom is 0.124 e. The van der Waals surface area contributed by atoms with Crippen LogP contribution in [0.5, 0.6) is 0 Å². The number of rotatable bonds is 8. The third-order valence-corrected chi connectivity index (χ3v) is 3.51. The number of imidazole rings is 1. The largest absolute Gasteiger partial charge is 0.467 e. The van der Waals surface area contributed by atoms with E-state index in [9.17, 15) is 0 Å². The molecule has 0 aliphatic rings. The van der Waals surface area contributed by atoms with Gasteiger partial charge < -0.3 is 14.3 Å². The van der Waals surface area contributed by atoms with Crippen molar-refractivity contribution in [2.45, 2.75) is 52.6 Å². The van der Waals surface area contributed by atoms with Gasteiger partial charge in [0.25, 0.3) is 0 Å². The van der Waals surface area contributed by atoms with Gasteiger partial charge in [0.05, 0.1) is 12.3 Å². The Labute approximate surface area is 121 Å². The molecule has 0 fully saturated rings. The van der Waals surface area contributed by atoms with Crippen LogP contribution in [0.2, 0.25) is 0 Å². The molecule has 2 heterocycles. The summed E-state index contributed by atoms with van der Waals surface area (Å²) in [5.41, 5.74) is 1.20. The fraction of sp³-hybridized carbons (Fsp3) is 0.562. The number of hydrogen-bond acceptors (Lipinski definition) is 3. The summed E-state index contributed by atoms with van der Waals surface area (Å²) in [7, 11) is 0. The Kier molecular flexibility index (Phi) is 5.41. The van der Waals surface area contributed by atoms with Gasteiger partial charge >= 0.3 is 0 Å². The van der Waals surface area contributed by atoms with Gasteiger partial charge in [0.1, 0.15) is 11.6 Å². The third kappa shape index (κ3) is 3.51. The smallest absolute Gasteiger partial charge is 0.124 e. The van der Waals surface area contributed by atoms with Gasteiger partial charge in [-0.25, -0.2) is 4.98 Å². The van der Waals surface area contributed by atoms with E-state index in [2.05, 4.69) is 41.8 Å². The van der Waals surface area contributed by atoms with Gasteiger partial charge in [-0.3, -0.25) is 0 Å². The normalized spacial score (nSPS) is 12.8. The maximum atomic E-state index is 5.67. The predicted octanol–water partition coefficient (Wildman–Crippen LogP) is 3.48. The van der Waals surface area contributed by atoms with Crippen LogP contribution in [0.4, 0.5) is 0 Å². The highest BCUT2D eigenvalue weighted by Crippen LogP contribution is 2.22. The molecule has 0 saturated heterocycles. The zero-order chi connectivity index (χ0) is 14.4. The van der Waals surface area contributed by atoms with Crippen molar-refractivity contribution in [2.24, 2.45) is 0 Å². The number of aryl methyl sites for hydroxylation is 2. The Bertz CT molecular complexity index is 515. The molecule has 20 heavy (non-hydrogen) atoms. The molecule has 2 aromatic heterocycles. The van der Waals surface area contributed by atoms with E-state index in [0.717, 1.165) is 43.9 Å². The monoisotopic (exact) mass is 275 g/mol. The van der Waals surface area contributed by atoms with Crippen molar-refractivity contribution in [1.82, 2.24) is 14.9 Å². The van der Waals surface area contributed by atoms with Crippen LogP contribution >= 0.6 is 0 Å². The van der Waals surface area contributed by atoms with Crippen LogP contribution in [0.15, 0.2) is 29.1 Å². The first-order valence-electron chi connectivity index (χ1n) is 7.53. The Morgan fingerprint density at radius 3 is 2.85 bits per heavy atom. The average Bonchev–Trinajstić information content (AvgIpc) is 3.04. The molecule has 2 rings (SSSR count). The second kappa shape index (κ2) is 7.29. The molecule has 2 aromatic rings.